The van der Waals surface area contributed by atoms with Crippen LogP contribution >= 0.6 is 0 Å². The second-order valence-electron chi connectivity index (χ2n) is 12.3. The number of piperidine rings is 1. The summed E-state index contributed by atoms with van der Waals surface area (Å²) in [5.41, 5.74) is 7.50. The summed E-state index contributed by atoms with van der Waals surface area (Å²) in [5.74, 6) is 1.62. The first-order valence-electron chi connectivity index (χ1n) is 13.7. The lowest BCUT2D eigenvalue weighted by Gasteiger charge is -2.62. The molecule has 2 bridgehead atoms. The molecule has 0 radical (unpaired) electrons. The largest absolute Gasteiger partial charge is 0.504 e. The van der Waals surface area contributed by atoms with Gasteiger partial charge >= 0.3 is 0 Å². The van der Waals surface area contributed by atoms with E-state index in [9.17, 15) is 10.2 Å². The van der Waals surface area contributed by atoms with E-state index < -0.39 is 11.0 Å². The predicted molar refractivity (Wildman–Crippen MR) is 133 cm³/mol. The van der Waals surface area contributed by atoms with Crippen LogP contribution in [0.3, 0.4) is 0 Å². The Hall–Kier alpha value is -2.50. The molecule has 3 N–H and O–H groups in total. The zero-order valence-corrected chi connectivity index (χ0v) is 20.1. The number of aromatic hydroxyl groups is 1. The minimum absolute atomic E-state index is 0.0866. The number of aryl methyl sites for hydroxylation is 2. The molecular formula is C30H32N2O3. The lowest BCUT2D eigenvalue weighted by molar-refractivity contribution is -0.173. The molecule has 1 aromatic heterocycles. The second kappa shape index (κ2) is 6.24. The number of aromatic amines is 1. The van der Waals surface area contributed by atoms with Gasteiger partial charge in [0.15, 0.2) is 17.6 Å². The van der Waals surface area contributed by atoms with Gasteiger partial charge in [-0.1, -0.05) is 12.1 Å². The molecule has 1 spiro atoms. The quantitative estimate of drug-likeness (QED) is 0.520. The normalized spacial score (nSPS) is 34.3. The van der Waals surface area contributed by atoms with E-state index >= 15 is 0 Å². The molecule has 9 rings (SSSR count). The van der Waals surface area contributed by atoms with E-state index in [0.717, 1.165) is 55.9 Å². The van der Waals surface area contributed by atoms with Crippen molar-refractivity contribution in [2.24, 2.45) is 5.92 Å². The number of aromatic nitrogens is 1. The van der Waals surface area contributed by atoms with Crippen molar-refractivity contribution in [3.05, 3.63) is 57.8 Å². The Morgan fingerprint density at radius 2 is 1.91 bits per heavy atom. The summed E-state index contributed by atoms with van der Waals surface area (Å²) in [6, 6.07) is 8.54. The Morgan fingerprint density at radius 3 is 2.80 bits per heavy atom. The van der Waals surface area contributed by atoms with Crippen LogP contribution in [-0.4, -0.2) is 44.8 Å². The topological polar surface area (TPSA) is 68.7 Å². The highest BCUT2D eigenvalue weighted by Crippen LogP contribution is 2.69. The first kappa shape index (κ1) is 19.7. The first-order chi connectivity index (χ1) is 17.1. The summed E-state index contributed by atoms with van der Waals surface area (Å²) in [7, 11) is 0. The lowest BCUT2D eigenvalue weighted by Crippen LogP contribution is -2.74. The molecule has 3 heterocycles. The number of H-pyrrole nitrogens is 1. The third-order valence-corrected chi connectivity index (χ3v) is 10.7. The van der Waals surface area contributed by atoms with Crippen molar-refractivity contribution in [3.8, 4) is 11.5 Å². The van der Waals surface area contributed by atoms with Crippen LogP contribution in [0.15, 0.2) is 24.3 Å². The average molecular weight is 469 g/mol. The molecule has 35 heavy (non-hydrogen) atoms. The summed E-state index contributed by atoms with van der Waals surface area (Å²) in [4.78, 5) is 6.41. The molecule has 1 saturated heterocycles. The zero-order chi connectivity index (χ0) is 23.1. The van der Waals surface area contributed by atoms with Gasteiger partial charge in [0.25, 0.3) is 0 Å². The van der Waals surface area contributed by atoms with Crippen molar-refractivity contribution in [2.75, 3.05) is 13.1 Å². The number of likely N-dealkylation sites (tertiary alicyclic amines) is 1. The van der Waals surface area contributed by atoms with Crippen molar-refractivity contribution in [3.63, 3.8) is 0 Å². The summed E-state index contributed by atoms with van der Waals surface area (Å²) < 4.78 is 6.74. The van der Waals surface area contributed by atoms with E-state index in [1.165, 1.54) is 58.8 Å². The van der Waals surface area contributed by atoms with Gasteiger partial charge in [0, 0.05) is 35.5 Å². The number of phenols is 1. The van der Waals surface area contributed by atoms with Crippen LogP contribution < -0.4 is 4.74 Å². The molecule has 2 fully saturated rings. The Kier molecular flexibility index (Phi) is 3.51. The van der Waals surface area contributed by atoms with Gasteiger partial charge in [-0.05, 0) is 98.2 Å². The number of ether oxygens (including phenoxy) is 1. The van der Waals surface area contributed by atoms with Crippen molar-refractivity contribution in [2.45, 2.75) is 80.9 Å². The molecule has 5 nitrogen and oxygen atoms in total. The van der Waals surface area contributed by atoms with E-state index in [-0.39, 0.29) is 17.9 Å². The van der Waals surface area contributed by atoms with E-state index in [2.05, 4.69) is 28.1 Å². The zero-order valence-electron chi connectivity index (χ0n) is 20.1. The summed E-state index contributed by atoms with van der Waals surface area (Å²) in [6.07, 6.45) is 9.51. The number of nitrogens with one attached hydrogen (secondary N) is 1. The number of nitrogens with zero attached hydrogens (tertiary/aromatic N) is 1. The van der Waals surface area contributed by atoms with Crippen LogP contribution in [0.1, 0.15) is 71.7 Å². The Morgan fingerprint density at radius 1 is 1.06 bits per heavy atom. The number of benzene rings is 2. The maximum Gasteiger partial charge on any atom is 0.166 e. The van der Waals surface area contributed by atoms with Crippen LogP contribution in [0.5, 0.6) is 11.5 Å². The van der Waals surface area contributed by atoms with Gasteiger partial charge in [-0.3, -0.25) is 4.90 Å². The molecule has 2 aromatic carbocycles. The van der Waals surface area contributed by atoms with Crippen molar-refractivity contribution in [1.82, 2.24) is 9.88 Å². The molecule has 5 heteroatoms. The average Bonchev–Trinajstić information content (AvgIpc) is 3.49. The van der Waals surface area contributed by atoms with Gasteiger partial charge in [-0.2, -0.15) is 0 Å². The number of aliphatic hydroxyl groups is 1. The maximum atomic E-state index is 13.0. The molecule has 180 valence electrons. The number of hydrogen-bond donors (Lipinski definition) is 3. The number of fused-ring (bicyclic) bond motifs is 6. The van der Waals surface area contributed by atoms with Crippen molar-refractivity contribution >= 4 is 10.9 Å². The molecule has 4 atom stereocenters. The maximum absolute atomic E-state index is 13.0. The van der Waals surface area contributed by atoms with Gasteiger partial charge in [-0.15, -0.1) is 0 Å². The molecule has 6 aliphatic rings. The van der Waals surface area contributed by atoms with E-state index in [1.54, 1.807) is 6.07 Å². The van der Waals surface area contributed by atoms with Gasteiger partial charge < -0.3 is 19.9 Å². The molecule has 0 unspecified atom stereocenters. The summed E-state index contributed by atoms with van der Waals surface area (Å²) in [6.45, 7) is 2.09. The van der Waals surface area contributed by atoms with Gasteiger partial charge in [0.2, 0.25) is 0 Å². The highest BCUT2D eigenvalue weighted by Gasteiger charge is 2.72. The molecule has 3 aromatic rings. The van der Waals surface area contributed by atoms with Crippen molar-refractivity contribution < 1.29 is 14.9 Å². The second-order valence-corrected chi connectivity index (χ2v) is 12.3. The molecule has 1 saturated carbocycles. The predicted octanol–water partition coefficient (Wildman–Crippen LogP) is 4.45. The molecular weight excluding hydrogens is 436 g/mol. The van der Waals surface area contributed by atoms with E-state index in [1.807, 2.05) is 0 Å². The SMILES string of the molecule is Oc1ccc2c3c1O[C@H]1c4[nH]c5ccc6c(c5c4C[C@@]4(O)[C@H](C2)N(CC2CC2)CC[C@]314)CCCC6. The third kappa shape index (κ3) is 2.20. The Labute approximate surface area is 205 Å². The minimum Gasteiger partial charge on any atom is -0.504 e. The van der Waals surface area contributed by atoms with Crippen LogP contribution in [0.2, 0.25) is 0 Å². The van der Waals surface area contributed by atoms with Crippen LogP contribution in [0, 0.1) is 5.92 Å². The fraction of sp³-hybridized carbons (Fsp3) is 0.533. The minimum atomic E-state index is -0.906. The van der Waals surface area contributed by atoms with Gasteiger partial charge in [-0.25, -0.2) is 0 Å². The summed E-state index contributed by atoms with van der Waals surface area (Å²) >= 11 is 0. The number of hydrogen-bond acceptors (Lipinski definition) is 4. The smallest absolute Gasteiger partial charge is 0.166 e. The Balaban J connectivity index is 1.33. The van der Waals surface area contributed by atoms with Crippen LogP contribution in [-0.2, 0) is 31.1 Å². The number of rotatable bonds is 2. The van der Waals surface area contributed by atoms with Crippen LogP contribution in [0.25, 0.3) is 10.9 Å². The summed E-state index contributed by atoms with van der Waals surface area (Å²) in [5, 5.41) is 25.3. The fourth-order valence-corrected chi connectivity index (χ4v) is 8.98. The first-order valence-corrected chi connectivity index (χ1v) is 13.7. The van der Waals surface area contributed by atoms with Gasteiger partial charge in [0.05, 0.1) is 16.7 Å². The molecule has 4 aliphatic carbocycles. The fourth-order valence-electron chi connectivity index (χ4n) is 8.98. The Bertz CT molecular complexity index is 1440. The highest BCUT2D eigenvalue weighted by atomic mass is 16.5. The molecule has 2 aliphatic heterocycles. The van der Waals surface area contributed by atoms with Crippen LogP contribution in [0.4, 0.5) is 0 Å². The van der Waals surface area contributed by atoms with E-state index in [4.69, 9.17) is 4.74 Å². The number of phenolic OH excluding ortho intramolecular Hbond substituents is 1. The monoisotopic (exact) mass is 468 g/mol. The molecule has 0 amide bonds. The van der Waals surface area contributed by atoms with Gasteiger partial charge in [0.1, 0.15) is 0 Å². The van der Waals surface area contributed by atoms with Crippen molar-refractivity contribution in [1.29, 1.82) is 0 Å². The lowest BCUT2D eigenvalue weighted by atomic mass is 9.49. The standard InChI is InChI=1S/C30H32N2O3/c33-22-10-8-18-13-23-30(34)14-20-24-19-4-2-1-3-17(19)7-9-21(24)31-26(20)28-29(30,25(18)27(22)35-28)11-12-32(23)15-16-5-6-16/h7-10,16,23,28,31,33-34H,1-6,11-15H2/t23-,28-,29-,30+/m0/s1. The van der Waals surface area contributed by atoms with E-state index in [0.29, 0.717) is 12.2 Å². The highest BCUT2D eigenvalue weighted by molar-refractivity contribution is 5.90. The third-order valence-electron chi connectivity index (χ3n) is 10.7.